The second kappa shape index (κ2) is 57.2. The molecule has 0 amide bonds. The summed E-state index contributed by atoms with van der Waals surface area (Å²) in [6, 6.07) is 0. The number of carbonyl (C=O) groups excluding carboxylic acids is 2. The van der Waals surface area contributed by atoms with Crippen LogP contribution in [-0.4, -0.2) is 37.9 Å². The van der Waals surface area contributed by atoms with Gasteiger partial charge in [0.1, 0.15) is 6.61 Å². The quantitative estimate of drug-likeness (QED) is 0.0345. The Bertz CT molecular complexity index is 1090. The van der Waals surface area contributed by atoms with Gasteiger partial charge in [0.2, 0.25) is 0 Å². The van der Waals surface area contributed by atoms with Gasteiger partial charge >= 0.3 is 11.9 Å². The molecule has 0 aliphatic heterocycles. The summed E-state index contributed by atoms with van der Waals surface area (Å²) in [6.07, 6.45) is 71.3. The van der Waals surface area contributed by atoms with Crippen molar-refractivity contribution < 1.29 is 23.8 Å². The molecule has 5 heteroatoms. The average molecular weight is 926 g/mol. The highest BCUT2D eigenvalue weighted by Crippen LogP contribution is 2.16. The van der Waals surface area contributed by atoms with E-state index in [1.807, 2.05) is 0 Å². The van der Waals surface area contributed by atoms with Crippen molar-refractivity contribution in [2.45, 2.75) is 309 Å². The van der Waals surface area contributed by atoms with Crippen LogP contribution in [0, 0.1) is 0 Å². The first-order valence-electron chi connectivity index (χ1n) is 29.2. The van der Waals surface area contributed by atoms with E-state index in [4.69, 9.17) is 14.2 Å². The third-order valence-electron chi connectivity index (χ3n) is 12.8. The predicted octanol–water partition coefficient (Wildman–Crippen LogP) is 19.9. The fourth-order valence-corrected chi connectivity index (χ4v) is 8.45. The standard InChI is InChI=1S/C61H112O5/c1-4-7-10-13-16-19-22-25-28-30-31-32-34-36-39-42-45-48-51-54-60(62)65-58-59(57-64-56-53-50-47-44-41-38-35-29-26-23-20-17-14-11-8-5-2)66-61(63)55-52-49-46-43-40-37-33-27-24-21-18-15-12-9-6-3/h18,21,25,27-28,33,40,43,59H,4-17,19-20,22-24,26,29-32,34-39,41-42,44-58H2,1-3H3/b21-18-,28-25-,33-27-,43-40-/t59-/m1/s1. The zero-order valence-electron chi connectivity index (χ0n) is 44.5. The molecule has 386 valence electrons. The van der Waals surface area contributed by atoms with Gasteiger partial charge in [-0.05, 0) is 83.5 Å². The van der Waals surface area contributed by atoms with Crippen molar-refractivity contribution in [3.8, 4) is 0 Å². The van der Waals surface area contributed by atoms with Gasteiger partial charge in [0.25, 0.3) is 0 Å². The van der Waals surface area contributed by atoms with Crippen molar-refractivity contribution >= 4 is 11.9 Å². The van der Waals surface area contributed by atoms with Gasteiger partial charge < -0.3 is 14.2 Å². The molecule has 0 aromatic rings. The normalized spacial score (nSPS) is 12.5. The minimum atomic E-state index is -0.554. The Morgan fingerprint density at radius 1 is 0.333 bits per heavy atom. The minimum Gasteiger partial charge on any atom is -0.462 e. The topological polar surface area (TPSA) is 61.8 Å². The van der Waals surface area contributed by atoms with E-state index in [2.05, 4.69) is 69.4 Å². The molecule has 0 aromatic heterocycles. The summed E-state index contributed by atoms with van der Waals surface area (Å²) in [5, 5.41) is 0. The predicted molar refractivity (Wildman–Crippen MR) is 288 cm³/mol. The number of allylic oxidation sites excluding steroid dienone is 8. The maximum absolute atomic E-state index is 12.8. The van der Waals surface area contributed by atoms with Crippen LogP contribution in [0.25, 0.3) is 0 Å². The van der Waals surface area contributed by atoms with Crippen LogP contribution in [0.5, 0.6) is 0 Å². The summed E-state index contributed by atoms with van der Waals surface area (Å²) in [6.45, 7) is 7.81. The summed E-state index contributed by atoms with van der Waals surface area (Å²) in [4.78, 5) is 25.5. The average Bonchev–Trinajstić information content (AvgIpc) is 3.32. The number of carbonyl (C=O) groups is 2. The Hall–Kier alpha value is -2.14. The fraction of sp³-hybridized carbons (Fsp3) is 0.836. The molecule has 0 heterocycles. The summed E-state index contributed by atoms with van der Waals surface area (Å²) >= 11 is 0. The van der Waals surface area contributed by atoms with Crippen LogP contribution in [0.4, 0.5) is 0 Å². The smallest absolute Gasteiger partial charge is 0.306 e. The molecule has 66 heavy (non-hydrogen) atoms. The molecule has 0 bridgehead atoms. The lowest BCUT2D eigenvalue weighted by Gasteiger charge is -2.18. The molecule has 1 atom stereocenters. The summed E-state index contributed by atoms with van der Waals surface area (Å²) in [5.74, 6) is -0.428. The van der Waals surface area contributed by atoms with Crippen LogP contribution in [0.3, 0.4) is 0 Å². The van der Waals surface area contributed by atoms with Gasteiger partial charge in [0.05, 0.1) is 6.61 Å². The molecule has 0 spiro atoms. The first-order chi connectivity index (χ1) is 32.6. The Labute approximate surface area is 412 Å². The number of esters is 2. The zero-order chi connectivity index (χ0) is 47.7. The molecule has 5 nitrogen and oxygen atoms in total. The van der Waals surface area contributed by atoms with Crippen LogP contribution >= 0.6 is 0 Å². The highest BCUT2D eigenvalue weighted by atomic mass is 16.6. The summed E-state index contributed by atoms with van der Waals surface area (Å²) in [5.41, 5.74) is 0. The molecule has 0 unspecified atom stereocenters. The van der Waals surface area contributed by atoms with E-state index in [9.17, 15) is 9.59 Å². The lowest BCUT2D eigenvalue weighted by molar-refractivity contribution is -0.163. The van der Waals surface area contributed by atoms with Gasteiger partial charge in [-0.25, -0.2) is 0 Å². The van der Waals surface area contributed by atoms with E-state index in [1.54, 1.807) is 0 Å². The highest BCUT2D eigenvalue weighted by Gasteiger charge is 2.17. The van der Waals surface area contributed by atoms with Crippen molar-refractivity contribution in [1.82, 2.24) is 0 Å². The first-order valence-corrected chi connectivity index (χ1v) is 29.2. The molecule has 0 rings (SSSR count). The summed E-state index contributed by atoms with van der Waals surface area (Å²) < 4.78 is 17.5. The second-order valence-corrected chi connectivity index (χ2v) is 19.5. The number of hydrogen-bond acceptors (Lipinski definition) is 5. The Morgan fingerprint density at radius 2 is 0.636 bits per heavy atom. The lowest BCUT2D eigenvalue weighted by atomic mass is 10.0. The van der Waals surface area contributed by atoms with Crippen LogP contribution in [0.15, 0.2) is 48.6 Å². The van der Waals surface area contributed by atoms with Crippen molar-refractivity contribution in [2.24, 2.45) is 0 Å². The van der Waals surface area contributed by atoms with Crippen LogP contribution in [0.1, 0.15) is 303 Å². The van der Waals surface area contributed by atoms with E-state index < -0.39 is 6.10 Å². The molecule has 0 aliphatic rings. The maximum Gasteiger partial charge on any atom is 0.306 e. The SMILES string of the molecule is CCCCC/C=C\C/C=C\C/C=C\CCCCC(=O)O[C@H](COCCCCCCCCCCCCCCCCCC)COC(=O)CCCCCCCCCCC/C=C\CCCCCCCC. The highest BCUT2D eigenvalue weighted by molar-refractivity contribution is 5.70. The lowest BCUT2D eigenvalue weighted by Crippen LogP contribution is -2.30. The fourth-order valence-electron chi connectivity index (χ4n) is 8.45. The molecular formula is C61H112O5. The van der Waals surface area contributed by atoms with Crippen molar-refractivity contribution in [3.05, 3.63) is 48.6 Å². The molecule has 0 saturated heterocycles. The van der Waals surface area contributed by atoms with Gasteiger partial charge in [0, 0.05) is 19.4 Å². The maximum atomic E-state index is 12.8. The van der Waals surface area contributed by atoms with E-state index in [1.165, 1.54) is 212 Å². The molecule has 0 aliphatic carbocycles. The Kier molecular flexibility index (Phi) is 55.3. The van der Waals surface area contributed by atoms with Crippen LogP contribution in [-0.2, 0) is 23.8 Å². The number of ether oxygens (including phenoxy) is 3. The molecule has 0 saturated carbocycles. The molecule has 0 fully saturated rings. The van der Waals surface area contributed by atoms with Crippen molar-refractivity contribution in [3.63, 3.8) is 0 Å². The van der Waals surface area contributed by atoms with Gasteiger partial charge in [-0.2, -0.15) is 0 Å². The van der Waals surface area contributed by atoms with E-state index in [0.717, 1.165) is 57.8 Å². The van der Waals surface area contributed by atoms with Gasteiger partial charge in [-0.3, -0.25) is 9.59 Å². The van der Waals surface area contributed by atoms with Gasteiger partial charge in [-0.15, -0.1) is 0 Å². The third-order valence-corrected chi connectivity index (χ3v) is 12.8. The third kappa shape index (κ3) is 54.5. The molecule has 0 N–H and O–H groups in total. The van der Waals surface area contributed by atoms with Gasteiger partial charge in [0.15, 0.2) is 6.10 Å². The first kappa shape index (κ1) is 63.9. The molecule has 0 aromatic carbocycles. The summed E-state index contributed by atoms with van der Waals surface area (Å²) in [7, 11) is 0. The number of rotatable bonds is 54. The van der Waals surface area contributed by atoms with Gasteiger partial charge in [-0.1, -0.05) is 256 Å². The molecular weight excluding hydrogens is 813 g/mol. The van der Waals surface area contributed by atoms with E-state index >= 15 is 0 Å². The minimum absolute atomic E-state index is 0.0728. The molecule has 0 radical (unpaired) electrons. The zero-order valence-corrected chi connectivity index (χ0v) is 44.5. The van der Waals surface area contributed by atoms with Crippen LogP contribution in [0.2, 0.25) is 0 Å². The second-order valence-electron chi connectivity index (χ2n) is 19.5. The largest absolute Gasteiger partial charge is 0.462 e. The Balaban J connectivity index is 4.27. The van der Waals surface area contributed by atoms with E-state index in [-0.39, 0.29) is 25.2 Å². The van der Waals surface area contributed by atoms with E-state index in [0.29, 0.717) is 19.4 Å². The van der Waals surface area contributed by atoms with Crippen molar-refractivity contribution in [1.29, 1.82) is 0 Å². The monoisotopic (exact) mass is 925 g/mol. The number of hydrogen-bond donors (Lipinski definition) is 0. The number of unbranched alkanes of at least 4 members (excludes halogenated alkanes) is 35. The van der Waals surface area contributed by atoms with Crippen molar-refractivity contribution in [2.75, 3.05) is 19.8 Å². The van der Waals surface area contributed by atoms with Crippen LogP contribution < -0.4 is 0 Å². The Morgan fingerprint density at radius 3 is 1.09 bits per heavy atom.